The van der Waals surface area contributed by atoms with Crippen molar-refractivity contribution < 1.29 is 368 Å². The Morgan fingerprint density at radius 3 is 1.31 bits per heavy atom. The van der Waals surface area contributed by atoms with Gasteiger partial charge in [0.1, 0.15) is 24.4 Å². The summed E-state index contributed by atoms with van der Waals surface area (Å²) in [7, 11) is -37.0. The average Bonchev–Trinajstić information content (AvgIpc) is 1.64. The van der Waals surface area contributed by atoms with Crippen LogP contribution < -0.4 is 298 Å². The van der Waals surface area contributed by atoms with Crippen molar-refractivity contribution in [2.45, 2.75) is 49.1 Å². The van der Waals surface area contributed by atoms with Crippen LogP contribution in [0.2, 0.25) is 10.0 Å². The molecule has 0 bridgehead atoms. The Balaban J connectivity index is 0. The number of aromatic amines is 2. The molecular formula is C34H30Cl2N10Na8O30P6. The number of nitrogens with zero attached hydrogens (tertiary/aromatic N) is 6. The fourth-order valence-corrected chi connectivity index (χ4v) is 13.3. The molecule has 2 saturated heterocycles. The number of fused-ring (bicyclic) bond motifs is 2. The van der Waals surface area contributed by atoms with Gasteiger partial charge in [-0.2, -0.15) is 0 Å². The maximum Gasteiger partial charge on any atom is 1.00 e. The number of hydrogen-bond donors (Lipinski definition) is 6. The van der Waals surface area contributed by atoms with Gasteiger partial charge in [0.05, 0.1) is 65.3 Å². The van der Waals surface area contributed by atoms with Gasteiger partial charge >= 0.3 is 248 Å². The molecule has 8 rings (SSSR count). The number of carbonyl (C=O) groups excluding carboxylic acids is 2. The maximum atomic E-state index is 12.9. The van der Waals surface area contributed by atoms with E-state index in [0.717, 1.165) is 40.5 Å². The number of anilines is 2. The number of ether oxygens (including phenoxy) is 4. The van der Waals surface area contributed by atoms with Gasteiger partial charge in [0.15, 0.2) is 47.0 Å². The van der Waals surface area contributed by atoms with Crippen molar-refractivity contribution in [2.75, 3.05) is 24.7 Å². The van der Waals surface area contributed by atoms with Gasteiger partial charge in [0.25, 0.3) is 42.4 Å². The summed E-state index contributed by atoms with van der Waals surface area (Å²) in [6, 6.07) is 7.65. The molecule has 12 atom stereocenters. The van der Waals surface area contributed by atoms with Crippen LogP contribution in [0.1, 0.15) is 33.2 Å². The number of phosphoric acid groups is 6. The number of carbonyl (C=O) groups is 2. The molecule has 90 heavy (non-hydrogen) atoms. The zero-order valence-electron chi connectivity index (χ0n) is 47.4. The number of H-pyrrole nitrogens is 2. The summed E-state index contributed by atoms with van der Waals surface area (Å²) in [5.41, 5.74) is 9.05. The minimum Gasteiger partial charge on any atom is -0.790 e. The third-order valence-electron chi connectivity index (χ3n) is 10.5. The summed E-state index contributed by atoms with van der Waals surface area (Å²) in [6.07, 6.45) is -9.65. The first-order valence-electron chi connectivity index (χ1n) is 21.3. The van der Waals surface area contributed by atoms with E-state index in [-0.39, 0.29) is 291 Å². The fraction of sp³-hybridized carbons (Fsp3) is 0.294. The number of halogens is 2. The van der Waals surface area contributed by atoms with Gasteiger partial charge < -0.3 is 108 Å². The van der Waals surface area contributed by atoms with Crippen molar-refractivity contribution in [3.8, 4) is 0 Å². The van der Waals surface area contributed by atoms with Gasteiger partial charge in [-0.15, -0.1) is 0 Å². The molecule has 56 heteroatoms. The third-order valence-corrected chi connectivity index (χ3v) is 18.3. The molecule has 0 spiro atoms. The molecule has 2 aromatic carbocycles. The Bertz CT molecular complexity index is 3880. The van der Waals surface area contributed by atoms with Crippen LogP contribution in [0.15, 0.2) is 71.3 Å². The van der Waals surface area contributed by atoms with Crippen LogP contribution in [-0.2, 0) is 72.6 Å². The largest absolute Gasteiger partial charge is 1.00 e. The van der Waals surface area contributed by atoms with E-state index >= 15 is 0 Å². The molecule has 4 unspecified atom stereocenters. The molecule has 0 aliphatic carbocycles. The minimum absolute atomic E-state index is 0. The number of nitrogens with two attached hydrogens (primary N) is 2. The van der Waals surface area contributed by atoms with Crippen molar-refractivity contribution in [3.05, 3.63) is 104 Å². The van der Waals surface area contributed by atoms with E-state index < -0.39 is 132 Å². The molecule has 2 aliphatic rings. The zero-order valence-corrected chi connectivity index (χ0v) is 70.3. The summed E-state index contributed by atoms with van der Waals surface area (Å²) in [6.45, 7) is -2.43. The number of nitrogens with one attached hydrogen (secondary N) is 2. The molecule has 2 aliphatic heterocycles. The summed E-state index contributed by atoms with van der Waals surface area (Å²) in [4.78, 5) is 159. The number of esters is 2. The monoisotopic (exact) mass is 1500 g/mol. The second-order valence-corrected chi connectivity index (χ2v) is 25.4. The predicted molar refractivity (Wildman–Crippen MR) is 248 cm³/mol. The molecule has 0 amide bonds. The molecule has 40 nitrogen and oxygen atoms in total. The molecule has 0 saturated carbocycles. The van der Waals surface area contributed by atoms with Crippen LogP contribution in [-0.4, -0.2) is 111 Å². The second kappa shape index (κ2) is 39.4. The van der Waals surface area contributed by atoms with Crippen molar-refractivity contribution >= 4 is 116 Å². The van der Waals surface area contributed by atoms with E-state index in [2.05, 4.69) is 56.2 Å². The standard InChI is InChI=1S/2C17H19ClN5O15P3.8Na/c18-7-1-2-9(19)8(3-7)17(26)36-13-10(4-34-40(30,31)38-41(32,33)37-39(27,28)29)35-16(12(13)24)23-6-22-11-14(23)20-5-21-15(11)25;18-7-1-2-9(19)8(3-7)17(26)36-13-12(24)10(4-34-40(30,31)38-41(32,33)37-39(27,28)29)35-16(13)23-6-22-11-14(23)20-5-21-15(11)25;;;;;;;;/h2*1-3,5-6,10,12-13,16,24H,4,19H2,(H,30,31)(H,32,33)(H,20,21,25)(H2,27,28,29);;;;;;;;/q;;8*+1/p-8/t2*10-,12-,13-,16-;;;;;;;;/m11......../s1. The van der Waals surface area contributed by atoms with Crippen molar-refractivity contribution in [2.24, 2.45) is 0 Å². The number of aliphatic hydroxyl groups is 2. The van der Waals surface area contributed by atoms with Gasteiger partial charge in [-0.3, -0.25) is 45.6 Å². The first-order chi connectivity index (χ1) is 37.9. The van der Waals surface area contributed by atoms with Crippen molar-refractivity contribution in [1.29, 1.82) is 0 Å². The quantitative estimate of drug-likeness (QED) is 0.0179. The van der Waals surface area contributed by atoms with Gasteiger partial charge in [0, 0.05) is 21.4 Å². The van der Waals surface area contributed by atoms with Gasteiger partial charge in [-0.1, -0.05) is 23.2 Å². The third kappa shape index (κ3) is 26.4. The van der Waals surface area contributed by atoms with E-state index in [4.69, 9.17) is 53.6 Å². The molecule has 0 radical (unpaired) electrons. The number of hydrogen-bond acceptors (Lipinski definition) is 36. The topological polar surface area (TPSA) is 633 Å². The van der Waals surface area contributed by atoms with Crippen LogP contribution in [0, 0.1) is 0 Å². The summed E-state index contributed by atoms with van der Waals surface area (Å²) < 4.78 is 114. The number of phosphoric ester groups is 2. The predicted octanol–water partition coefficient (Wildman–Crippen LogP) is -28.7. The van der Waals surface area contributed by atoms with E-state index in [9.17, 15) is 95.9 Å². The molecule has 2 fully saturated rings. The Hall–Kier alpha value is 2.92. The normalized spacial score (nSPS) is 22.0. The zero-order chi connectivity index (χ0) is 60.7. The smallest absolute Gasteiger partial charge is 0.790 e. The number of aromatic nitrogens is 8. The van der Waals surface area contributed by atoms with Gasteiger partial charge in [0.2, 0.25) is 0 Å². The van der Waals surface area contributed by atoms with E-state index in [1.165, 1.54) is 30.3 Å². The van der Waals surface area contributed by atoms with E-state index in [1.807, 2.05) is 0 Å². The maximum absolute atomic E-state index is 12.9. The first kappa shape index (κ1) is 95.0. The molecule has 6 heterocycles. The number of imidazole rings is 2. The average molecular weight is 1500 g/mol. The van der Waals surface area contributed by atoms with Gasteiger partial charge in [-0.25, -0.2) is 38.1 Å². The summed E-state index contributed by atoms with van der Waals surface area (Å²) in [5.74, 6) is -2.27. The number of benzene rings is 2. The number of nitrogen functional groups attached to an aromatic ring is 2. The SMILES string of the molecule is Nc1ccc(Cl)cc1C(=O)O[C@@H]1[C@H](O)[C@@H](COP(=O)([O-])OP(=O)([O-])OP(=O)([O-])[O-])O[C@H]1n1cnc2c(=O)[nH]cnc21.Nc1ccc(Cl)cc1C(=O)O[C@H]1[C@@H](O)[C@H](n2cnc3c(=O)[nH]cnc32)O[C@@H]1COP(=O)([O-])OP(=O)([O-])OP(=O)([O-])[O-].[Na+].[Na+].[Na+].[Na+].[Na+].[Na+].[Na+].[Na+]. The summed E-state index contributed by atoms with van der Waals surface area (Å²) >= 11 is 11.8. The van der Waals surface area contributed by atoms with Crippen LogP contribution in [0.5, 0.6) is 0 Å². The van der Waals surface area contributed by atoms with E-state index in [1.54, 1.807) is 0 Å². The molecule has 448 valence electrons. The molecule has 6 aromatic rings. The summed E-state index contributed by atoms with van der Waals surface area (Å²) in [5, 5.41) is 22.1. The second-order valence-electron chi connectivity index (χ2n) is 16.0. The van der Waals surface area contributed by atoms with Crippen LogP contribution in [0.3, 0.4) is 0 Å². The van der Waals surface area contributed by atoms with Gasteiger partial charge in [-0.05, 0) is 36.4 Å². The molecular weight excluding hydrogens is 1470 g/mol. The first-order valence-corrected chi connectivity index (χ1v) is 30.9. The number of rotatable bonds is 20. The fourth-order valence-electron chi connectivity index (χ4n) is 7.22. The molecule has 4 aromatic heterocycles. The van der Waals surface area contributed by atoms with Crippen LogP contribution in [0.25, 0.3) is 22.3 Å². The Labute approximate surface area is 689 Å². The van der Waals surface area contributed by atoms with E-state index in [0.29, 0.717) is 0 Å². The van der Waals surface area contributed by atoms with Crippen molar-refractivity contribution in [1.82, 2.24) is 39.0 Å². The molecule has 8 N–H and O–H groups in total. The number of aliphatic hydroxyl groups excluding tert-OH is 2. The van der Waals surface area contributed by atoms with Crippen LogP contribution >= 0.6 is 70.1 Å². The van der Waals surface area contributed by atoms with Crippen LogP contribution in [0.4, 0.5) is 11.4 Å². The Kier molecular flexibility index (Phi) is 41.5. The Morgan fingerprint density at radius 2 is 0.911 bits per heavy atom. The van der Waals surface area contributed by atoms with Crippen molar-refractivity contribution in [3.63, 3.8) is 0 Å². The Morgan fingerprint density at radius 1 is 0.544 bits per heavy atom. The minimum atomic E-state index is -6.27.